The molecule has 1 aliphatic carbocycles. The summed E-state index contributed by atoms with van der Waals surface area (Å²) >= 11 is 6.43. The lowest BCUT2D eigenvalue weighted by Gasteiger charge is -2.19. The third-order valence-electron chi connectivity index (χ3n) is 4.96. The summed E-state index contributed by atoms with van der Waals surface area (Å²) in [7, 11) is 2.03. The van der Waals surface area contributed by atoms with Gasteiger partial charge in [-0.25, -0.2) is 9.97 Å². The fourth-order valence-electron chi connectivity index (χ4n) is 3.57. The molecule has 2 aromatic heterocycles. The van der Waals surface area contributed by atoms with Gasteiger partial charge in [-0.1, -0.05) is 23.7 Å². The average Bonchev–Trinajstić information content (AvgIpc) is 3.03. The fraction of sp³-hybridized carbons (Fsp3) is 0.278. The molecule has 3 aromatic rings. The van der Waals surface area contributed by atoms with E-state index in [-0.39, 0.29) is 0 Å². The number of benzene rings is 1. The van der Waals surface area contributed by atoms with E-state index in [9.17, 15) is 0 Å². The molecule has 1 saturated heterocycles. The monoisotopic (exact) mass is 323 g/mol. The number of anilines is 1. The third kappa shape index (κ3) is 2.05. The molecule has 1 radical (unpaired) electrons. The van der Waals surface area contributed by atoms with Gasteiger partial charge in [0.1, 0.15) is 11.6 Å². The van der Waals surface area contributed by atoms with Gasteiger partial charge >= 0.3 is 0 Å². The number of rotatable bonds is 2. The molecule has 115 valence electrons. The second-order valence-electron chi connectivity index (χ2n) is 6.43. The van der Waals surface area contributed by atoms with Gasteiger partial charge in [0, 0.05) is 31.9 Å². The fourth-order valence-corrected chi connectivity index (χ4v) is 3.76. The summed E-state index contributed by atoms with van der Waals surface area (Å²) in [6.07, 6.45) is 4.16. The Labute approximate surface area is 139 Å². The number of aromatic nitrogens is 3. The maximum absolute atomic E-state index is 6.43. The molecule has 0 bridgehead atoms. The zero-order valence-electron chi connectivity index (χ0n) is 12.8. The topological polar surface area (TPSA) is 34.0 Å². The zero-order valence-corrected chi connectivity index (χ0v) is 13.5. The van der Waals surface area contributed by atoms with E-state index in [1.165, 1.54) is 0 Å². The SMILES string of the molecule is Cn1c(-c2cc(N3C[C@H]4[CH][C@H]4C3)ncc2Cl)nc2ccccc21. The smallest absolute Gasteiger partial charge is 0.142 e. The van der Waals surface area contributed by atoms with Crippen molar-refractivity contribution in [2.75, 3.05) is 18.0 Å². The van der Waals surface area contributed by atoms with Crippen molar-refractivity contribution >= 4 is 28.5 Å². The summed E-state index contributed by atoms with van der Waals surface area (Å²) in [6, 6.07) is 10.2. The van der Waals surface area contributed by atoms with E-state index in [4.69, 9.17) is 16.6 Å². The maximum atomic E-state index is 6.43. The van der Waals surface area contributed by atoms with Gasteiger partial charge in [-0.2, -0.15) is 0 Å². The lowest BCUT2D eigenvalue weighted by molar-refractivity contribution is 0.858. The van der Waals surface area contributed by atoms with Crippen molar-refractivity contribution < 1.29 is 0 Å². The number of halogens is 1. The molecular weight excluding hydrogens is 308 g/mol. The number of fused-ring (bicyclic) bond motifs is 2. The Morgan fingerprint density at radius 3 is 2.74 bits per heavy atom. The second-order valence-corrected chi connectivity index (χ2v) is 6.84. The Kier molecular flexibility index (Phi) is 2.74. The summed E-state index contributed by atoms with van der Waals surface area (Å²) in [6.45, 7) is 2.14. The van der Waals surface area contributed by atoms with Crippen LogP contribution < -0.4 is 4.90 Å². The molecule has 5 rings (SSSR count). The second kappa shape index (κ2) is 4.71. The summed E-state index contributed by atoms with van der Waals surface area (Å²) < 4.78 is 2.09. The number of piperidine rings is 1. The molecule has 23 heavy (non-hydrogen) atoms. The van der Waals surface area contributed by atoms with Crippen molar-refractivity contribution in [3.05, 3.63) is 48.0 Å². The van der Waals surface area contributed by atoms with E-state index in [0.717, 1.165) is 53.2 Å². The molecule has 0 amide bonds. The highest BCUT2D eigenvalue weighted by Crippen LogP contribution is 2.45. The first-order chi connectivity index (χ1) is 11.2. The molecule has 0 spiro atoms. The van der Waals surface area contributed by atoms with Crippen LogP contribution in [0.4, 0.5) is 5.82 Å². The van der Waals surface area contributed by atoms with E-state index in [2.05, 4.69) is 33.0 Å². The Balaban J connectivity index is 1.62. The van der Waals surface area contributed by atoms with Gasteiger partial charge in [-0.05, 0) is 36.5 Å². The van der Waals surface area contributed by atoms with E-state index < -0.39 is 0 Å². The van der Waals surface area contributed by atoms with Crippen molar-refractivity contribution in [2.24, 2.45) is 18.9 Å². The first-order valence-corrected chi connectivity index (χ1v) is 8.26. The van der Waals surface area contributed by atoms with Gasteiger partial charge < -0.3 is 9.47 Å². The normalized spacial score (nSPS) is 22.6. The van der Waals surface area contributed by atoms with Crippen molar-refractivity contribution in [1.82, 2.24) is 14.5 Å². The van der Waals surface area contributed by atoms with E-state index in [1.807, 2.05) is 25.2 Å². The van der Waals surface area contributed by atoms with Crippen LogP contribution in [0.15, 0.2) is 36.5 Å². The van der Waals surface area contributed by atoms with Crippen LogP contribution in [-0.4, -0.2) is 27.6 Å². The number of hydrogen-bond acceptors (Lipinski definition) is 3. The van der Waals surface area contributed by atoms with Crippen LogP contribution in [0.5, 0.6) is 0 Å². The van der Waals surface area contributed by atoms with Crippen LogP contribution in [0.2, 0.25) is 5.02 Å². The molecule has 2 aliphatic rings. The van der Waals surface area contributed by atoms with Crippen molar-refractivity contribution in [3.63, 3.8) is 0 Å². The minimum absolute atomic E-state index is 0.642. The quantitative estimate of drug-likeness (QED) is 0.723. The van der Waals surface area contributed by atoms with Gasteiger partial charge in [-0.15, -0.1) is 0 Å². The lowest BCUT2D eigenvalue weighted by Crippen LogP contribution is -2.23. The van der Waals surface area contributed by atoms with Crippen LogP contribution in [0.3, 0.4) is 0 Å². The Morgan fingerprint density at radius 2 is 1.96 bits per heavy atom. The summed E-state index contributed by atoms with van der Waals surface area (Å²) in [5, 5.41) is 0.642. The van der Waals surface area contributed by atoms with Crippen LogP contribution >= 0.6 is 11.6 Å². The van der Waals surface area contributed by atoms with Gasteiger partial charge in [-0.3, -0.25) is 0 Å². The van der Waals surface area contributed by atoms with E-state index in [1.54, 1.807) is 6.20 Å². The molecule has 1 aromatic carbocycles. The van der Waals surface area contributed by atoms with Gasteiger partial charge in [0.25, 0.3) is 0 Å². The molecule has 0 unspecified atom stereocenters. The Morgan fingerprint density at radius 1 is 1.17 bits per heavy atom. The molecule has 0 N–H and O–H groups in total. The number of nitrogens with zero attached hydrogens (tertiary/aromatic N) is 4. The predicted molar refractivity (Wildman–Crippen MR) is 92.4 cm³/mol. The zero-order chi connectivity index (χ0) is 15.6. The third-order valence-corrected chi connectivity index (χ3v) is 5.26. The predicted octanol–water partition coefficient (Wildman–Crippen LogP) is 3.56. The van der Waals surface area contributed by atoms with Crippen molar-refractivity contribution in [3.8, 4) is 11.4 Å². The van der Waals surface area contributed by atoms with Crippen LogP contribution in [0.1, 0.15) is 0 Å². The molecular formula is C18H16ClN4. The minimum atomic E-state index is 0.642. The minimum Gasteiger partial charge on any atom is -0.356 e. The molecule has 5 heteroatoms. The number of hydrogen-bond donors (Lipinski definition) is 0. The van der Waals surface area contributed by atoms with Crippen molar-refractivity contribution in [1.29, 1.82) is 0 Å². The highest BCUT2D eigenvalue weighted by Gasteiger charge is 2.45. The Bertz CT molecular complexity index is 907. The Hall–Kier alpha value is -2.07. The highest BCUT2D eigenvalue weighted by molar-refractivity contribution is 6.33. The average molecular weight is 324 g/mol. The van der Waals surface area contributed by atoms with Crippen LogP contribution in [0.25, 0.3) is 22.4 Å². The first-order valence-electron chi connectivity index (χ1n) is 7.88. The number of aryl methyl sites for hydroxylation is 1. The number of imidazole rings is 1. The van der Waals surface area contributed by atoms with Crippen LogP contribution in [0, 0.1) is 18.3 Å². The highest BCUT2D eigenvalue weighted by atomic mass is 35.5. The summed E-state index contributed by atoms with van der Waals surface area (Å²) in [5.74, 6) is 3.39. The number of pyridine rings is 1. The van der Waals surface area contributed by atoms with Crippen molar-refractivity contribution in [2.45, 2.75) is 0 Å². The van der Waals surface area contributed by atoms with Crippen LogP contribution in [-0.2, 0) is 7.05 Å². The van der Waals surface area contributed by atoms with Gasteiger partial charge in [0.15, 0.2) is 0 Å². The summed E-state index contributed by atoms with van der Waals surface area (Å²) in [4.78, 5) is 11.6. The van der Waals surface area contributed by atoms with E-state index >= 15 is 0 Å². The standard InChI is InChI=1S/C18H16ClN4/c1-22-16-5-3-2-4-15(16)21-18(22)13-7-17(20-8-14(13)19)23-9-11-6-12(11)10-23/h2-8,11-12H,9-10H2,1H3/t11-,12+. The van der Waals surface area contributed by atoms with E-state index in [0.29, 0.717) is 5.02 Å². The molecule has 1 saturated carbocycles. The van der Waals surface area contributed by atoms with Gasteiger partial charge in [0.05, 0.1) is 16.1 Å². The summed E-state index contributed by atoms with van der Waals surface area (Å²) in [5.41, 5.74) is 3.03. The lowest BCUT2D eigenvalue weighted by atomic mass is 10.2. The molecule has 2 fully saturated rings. The largest absolute Gasteiger partial charge is 0.356 e. The number of para-hydroxylation sites is 2. The molecule has 3 heterocycles. The first kappa shape index (κ1) is 13.4. The molecule has 2 atom stereocenters. The maximum Gasteiger partial charge on any atom is 0.142 e. The van der Waals surface area contributed by atoms with Gasteiger partial charge in [0.2, 0.25) is 0 Å². The molecule has 4 nitrogen and oxygen atoms in total. The molecule has 1 aliphatic heterocycles.